The lowest BCUT2D eigenvalue weighted by Crippen LogP contribution is -2.44. The van der Waals surface area contributed by atoms with E-state index in [2.05, 4.69) is 109 Å². The van der Waals surface area contributed by atoms with Gasteiger partial charge in [0.05, 0.1) is 12.0 Å². The van der Waals surface area contributed by atoms with Gasteiger partial charge < -0.3 is 9.64 Å². The molecule has 0 aromatic heterocycles. The first kappa shape index (κ1) is 49.4. The fraction of sp³-hybridized carbons (Fsp3) is 0.812. The summed E-state index contributed by atoms with van der Waals surface area (Å²) in [5.41, 5.74) is -0.539. The number of rotatable bonds is 36. The molecule has 0 atom stereocenters. The van der Waals surface area contributed by atoms with E-state index in [1.54, 1.807) is 0 Å². The Kier molecular flexibility index (Phi) is 33.1. The number of ether oxygens (including phenoxy) is 1. The molecule has 0 aromatic carbocycles. The van der Waals surface area contributed by atoms with Crippen molar-refractivity contribution in [1.82, 2.24) is 4.90 Å². The highest BCUT2D eigenvalue weighted by Crippen LogP contribution is 2.32. The first-order chi connectivity index (χ1) is 24.6. The van der Waals surface area contributed by atoms with Crippen molar-refractivity contribution in [2.45, 2.75) is 220 Å². The van der Waals surface area contributed by atoms with Gasteiger partial charge in [-0.3, -0.25) is 4.79 Å². The molecule has 0 aliphatic rings. The molecule has 0 heterocycles. The summed E-state index contributed by atoms with van der Waals surface area (Å²) in [5, 5.41) is 0. The number of hydrogen-bond donors (Lipinski definition) is 0. The number of unbranched alkanes of at least 4 members (excludes halogenated alkanes) is 18. The van der Waals surface area contributed by atoms with Gasteiger partial charge in [0, 0.05) is 5.54 Å². The molecule has 0 aliphatic carbocycles. The van der Waals surface area contributed by atoms with Crippen LogP contribution in [0.1, 0.15) is 215 Å². The minimum Gasteiger partial charge on any atom is -0.465 e. The molecular formula is C48H89NO2. The van der Waals surface area contributed by atoms with Gasteiger partial charge in [0.15, 0.2) is 0 Å². The molecule has 0 fully saturated rings. The molecule has 298 valence electrons. The fourth-order valence-electron chi connectivity index (χ4n) is 6.85. The first-order valence-corrected chi connectivity index (χ1v) is 22.0. The fourth-order valence-corrected chi connectivity index (χ4v) is 6.85. The highest BCUT2D eigenvalue weighted by Gasteiger charge is 2.37. The van der Waals surface area contributed by atoms with E-state index < -0.39 is 5.41 Å². The third-order valence-electron chi connectivity index (χ3n) is 10.7. The quantitative estimate of drug-likeness (QED) is 0.0368. The SMILES string of the molecule is CCCCC/C=C\C/C=C\CCCCCCCCC(CCCCCCCC/C=C\C/C=C\CCCCC)COC(=O)C(C)(C)CC(C)(C)N(C)C. The van der Waals surface area contributed by atoms with Crippen molar-refractivity contribution in [3.05, 3.63) is 48.6 Å². The smallest absolute Gasteiger partial charge is 0.311 e. The van der Waals surface area contributed by atoms with Gasteiger partial charge in [-0.15, -0.1) is 0 Å². The number of allylic oxidation sites excluding steroid dienone is 8. The Morgan fingerprint density at radius 3 is 1.25 bits per heavy atom. The van der Waals surface area contributed by atoms with E-state index in [4.69, 9.17) is 4.74 Å². The minimum absolute atomic E-state index is 0.0310. The second kappa shape index (κ2) is 34.2. The zero-order chi connectivity index (χ0) is 37.9. The van der Waals surface area contributed by atoms with Crippen LogP contribution < -0.4 is 0 Å². The monoisotopic (exact) mass is 712 g/mol. The standard InChI is InChI=1S/C48H89NO2/c1-9-11-13-15-17-19-21-23-25-27-29-31-33-35-37-39-41-45(43-51-46(50)47(3,4)44-48(5,6)49(7)8)42-40-38-36-34-32-30-28-26-24-22-20-18-16-14-12-10-2/h17-20,23-26,45H,9-16,21-22,27-44H2,1-8H3/b19-17-,20-18-,25-23-,26-24-. The summed E-state index contributed by atoms with van der Waals surface area (Å²) < 4.78 is 6.07. The van der Waals surface area contributed by atoms with E-state index in [0.29, 0.717) is 12.5 Å². The van der Waals surface area contributed by atoms with Crippen molar-refractivity contribution in [2.75, 3.05) is 20.7 Å². The summed E-state index contributed by atoms with van der Waals surface area (Å²) in [5.74, 6) is 0.458. The summed E-state index contributed by atoms with van der Waals surface area (Å²) in [4.78, 5) is 15.5. The molecule has 0 bridgehead atoms. The molecule has 0 spiro atoms. The van der Waals surface area contributed by atoms with Gasteiger partial charge in [-0.2, -0.15) is 0 Å². The number of carbonyl (C=O) groups excluding carboxylic acids is 1. The molecule has 3 heteroatoms. The van der Waals surface area contributed by atoms with Crippen LogP contribution in [0.5, 0.6) is 0 Å². The first-order valence-electron chi connectivity index (χ1n) is 22.0. The van der Waals surface area contributed by atoms with Crippen molar-refractivity contribution >= 4 is 5.97 Å². The lowest BCUT2D eigenvalue weighted by molar-refractivity contribution is -0.157. The lowest BCUT2D eigenvalue weighted by atomic mass is 9.79. The maximum Gasteiger partial charge on any atom is 0.311 e. The van der Waals surface area contributed by atoms with E-state index in [9.17, 15) is 4.79 Å². The predicted molar refractivity (Wildman–Crippen MR) is 229 cm³/mol. The Labute approximate surface area is 320 Å². The number of hydrogen-bond acceptors (Lipinski definition) is 3. The average molecular weight is 712 g/mol. The van der Waals surface area contributed by atoms with Crippen LogP contribution in [-0.4, -0.2) is 37.1 Å². The Bertz CT molecular complexity index is 845. The number of nitrogens with zero attached hydrogens (tertiary/aromatic N) is 1. The van der Waals surface area contributed by atoms with Gasteiger partial charge in [-0.1, -0.05) is 152 Å². The summed E-state index contributed by atoms with van der Waals surface area (Å²) in [6.07, 6.45) is 52.7. The molecule has 0 aromatic rings. The van der Waals surface area contributed by atoms with E-state index in [1.807, 2.05) is 0 Å². The van der Waals surface area contributed by atoms with Gasteiger partial charge in [0.25, 0.3) is 0 Å². The minimum atomic E-state index is -0.488. The van der Waals surface area contributed by atoms with Crippen LogP contribution in [0.25, 0.3) is 0 Å². The molecule has 0 saturated heterocycles. The van der Waals surface area contributed by atoms with Crippen LogP contribution in [-0.2, 0) is 9.53 Å². The molecule has 0 saturated carbocycles. The second-order valence-corrected chi connectivity index (χ2v) is 17.0. The number of carbonyl (C=O) groups is 1. The Morgan fingerprint density at radius 2 is 0.882 bits per heavy atom. The lowest BCUT2D eigenvalue weighted by Gasteiger charge is -2.38. The molecule has 0 aliphatic heterocycles. The van der Waals surface area contributed by atoms with Crippen LogP contribution in [0.4, 0.5) is 0 Å². The molecule has 0 radical (unpaired) electrons. The van der Waals surface area contributed by atoms with Crippen LogP contribution >= 0.6 is 0 Å². The molecule has 0 rings (SSSR count). The highest BCUT2D eigenvalue weighted by atomic mass is 16.5. The third-order valence-corrected chi connectivity index (χ3v) is 10.7. The van der Waals surface area contributed by atoms with Gasteiger partial charge in [0.2, 0.25) is 0 Å². The number of esters is 1. The van der Waals surface area contributed by atoms with Gasteiger partial charge in [-0.25, -0.2) is 0 Å². The largest absolute Gasteiger partial charge is 0.465 e. The molecule has 3 nitrogen and oxygen atoms in total. The zero-order valence-electron chi connectivity index (χ0n) is 35.8. The molecule has 0 amide bonds. The van der Waals surface area contributed by atoms with Crippen LogP contribution in [0.3, 0.4) is 0 Å². The van der Waals surface area contributed by atoms with Crippen molar-refractivity contribution < 1.29 is 9.53 Å². The third kappa shape index (κ3) is 31.6. The Balaban J connectivity index is 4.42. The van der Waals surface area contributed by atoms with Crippen molar-refractivity contribution in [2.24, 2.45) is 11.3 Å². The van der Waals surface area contributed by atoms with Crippen molar-refractivity contribution in [3.8, 4) is 0 Å². The maximum atomic E-state index is 13.3. The average Bonchev–Trinajstić information content (AvgIpc) is 3.09. The predicted octanol–water partition coefficient (Wildman–Crippen LogP) is 15.3. The Hall–Kier alpha value is -1.61. The second-order valence-electron chi connectivity index (χ2n) is 17.0. The summed E-state index contributed by atoms with van der Waals surface area (Å²) >= 11 is 0. The van der Waals surface area contributed by atoms with Crippen LogP contribution in [0, 0.1) is 11.3 Å². The van der Waals surface area contributed by atoms with Gasteiger partial charge in [-0.05, 0) is 131 Å². The Morgan fingerprint density at radius 1 is 0.529 bits per heavy atom. The van der Waals surface area contributed by atoms with Crippen LogP contribution in [0.15, 0.2) is 48.6 Å². The normalized spacial score (nSPS) is 13.1. The van der Waals surface area contributed by atoms with E-state index in [1.165, 1.54) is 154 Å². The maximum absolute atomic E-state index is 13.3. The summed E-state index contributed by atoms with van der Waals surface area (Å²) in [6, 6.07) is 0. The van der Waals surface area contributed by atoms with E-state index in [-0.39, 0.29) is 11.5 Å². The van der Waals surface area contributed by atoms with Crippen molar-refractivity contribution in [3.63, 3.8) is 0 Å². The van der Waals surface area contributed by atoms with E-state index >= 15 is 0 Å². The summed E-state index contributed by atoms with van der Waals surface area (Å²) in [6.45, 7) is 13.6. The molecule has 0 N–H and O–H groups in total. The zero-order valence-corrected chi connectivity index (χ0v) is 35.8. The van der Waals surface area contributed by atoms with E-state index in [0.717, 1.165) is 19.3 Å². The highest BCUT2D eigenvalue weighted by molar-refractivity contribution is 5.76. The molecular weight excluding hydrogens is 623 g/mol. The molecule has 0 unspecified atom stereocenters. The van der Waals surface area contributed by atoms with Gasteiger partial charge in [0.1, 0.15) is 0 Å². The van der Waals surface area contributed by atoms with Crippen molar-refractivity contribution in [1.29, 1.82) is 0 Å². The topological polar surface area (TPSA) is 29.5 Å². The van der Waals surface area contributed by atoms with Crippen LogP contribution in [0.2, 0.25) is 0 Å². The molecule has 51 heavy (non-hydrogen) atoms. The van der Waals surface area contributed by atoms with Gasteiger partial charge >= 0.3 is 5.97 Å². The summed E-state index contributed by atoms with van der Waals surface area (Å²) in [7, 11) is 4.19.